The molecule has 5 aromatic rings. The van der Waals surface area contributed by atoms with E-state index in [4.69, 9.17) is 15.2 Å². The van der Waals surface area contributed by atoms with Crippen molar-refractivity contribution in [3.8, 4) is 11.5 Å². The lowest BCUT2D eigenvalue weighted by Gasteiger charge is -2.28. The second-order valence-electron chi connectivity index (χ2n) is 27.2. The zero-order chi connectivity index (χ0) is 58.8. The second-order valence-corrected chi connectivity index (χ2v) is 27.2. The van der Waals surface area contributed by atoms with E-state index >= 15 is 0 Å². The molecule has 3 aliphatic rings. The molecule has 4 aromatic carbocycles. The van der Waals surface area contributed by atoms with Crippen molar-refractivity contribution in [3.63, 3.8) is 0 Å². The highest BCUT2D eigenvalue weighted by molar-refractivity contribution is 6.02. The number of ether oxygens (including phenoxy) is 2. The van der Waals surface area contributed by atoms with Crippen molar-refractivity contribution in [1.82, 2.24) is 9.78 Å². The van der Waals surface area contributed by atoms with Crippen LogP contribution in [0.4, 0.5) is 5.69 Å². The Labute approximate surface area is 474 Å². The predicted octanol–water partition coefficient (Wildman–Crippen LogP) is 17.4. The van der Waals surface area contributed by atoms with Crippen LogP contribution in [0.1, 0.15) is 241 Å². The number of benzene rings is 4. The highest BCUT2D eigenvalue weighted by Crippen LogP contribution is 2.40. The molecule has 9 heteroatoms. The molecule has 1 amide bonds. The fourth-order valence-electron chi connectivity index (χ4n) is 9.35. The molecule has 0 unspecified atom stereocenters. The lowest BCUT2D eigenvalue weighted by Crippen LogP contribution is -2.22. The first-order valence-corrected chi connectivity index (χ1v) is 27.8. The van der Waals surface area contributed by atoms with Gasteiger partial charge in [-0.2, -0.15) is 5.10 Å². The largest absolute Gasteiger partial charge is 0.493 e. The summed E-state index contributed by atoms with van der Waals surface area (Å²) in [7, 11) is 1.80. The van der Waals surface area contributed by atoms with Gasteiger partial charge in [0.25, 0.3) is 0 Å². The van der Waals surface area contributed by atoms with Gasteiger partial charge in [0.1, 0.15) is 23.8 Å². The number of ketones is 2. The number of carbonyl (C=O) groups is 3. The molecule has 1 aromatic heterocycles. The van der Waals surface area contributed by atoms with E-state index < -0.39 is 0 Å². The molecule has 2 aliphatic heterocycles. The van der Waals surface area contributed by atoms with Crippen LogP contribution >= 0.6 is 0 Å². The number of nitrogens with one attached hydrogen (secondary N) is 1. The van der Waals surface area contributed by atoms with Crippen molar-refractivity contribution in [3.05, 3.63) is 153 Å². The number of anilines is 1. The maximum Gasteiger partial charge on any atom is 0.249 e. The smallest absolute Gasteiger partial charge is 0.249 e. The molecule has 430 valence electrons. The predicted molar refractivity (Wildman–Crippen MR) is 331 cm³/mol. The quantitative estimate of drug-likeness (QED) is 0.172. The molecular weight excluding hydrogens is 965 g/mol. The number of primary amides is 1. The van der Waals surface area contributed by atoms with Gasteiger partial charge in [-0.3, -0.25) is 19.1 Å². The first kappa shape index (κ1) is 68.1. The summed E-state index contributed by atoms with van der Waals surface area (Å²) >= 11 is 0. The van der Waals surface area contributed by atoms with Crippen molar-refractivity contribution >= 4 is 23.2 Å². The molecule has 0 fully saturated rings. The van der Waals surface area contributed by atoms with Crippen LogP contribution < -0.4 is 20.5 Å². The molecule has 1 aliphatic carbocycles. The summed E-state index contributed by atoms with van der Waals surface area (Å²) in [6.45, 7) is 52.4. The van der Waals surface area contributed by atoms with E-state index in [1.165, 1.54) is 34.2 Å². The van der Waals surface area contributed by atoms with Gasteiger partial charge in [0.2, 0.25) is 5.91 Å². The minimum absolute atomic E-state index is 0. The van der Waals surface area contributed by atoms with Crippen molar-refractivity contribution in [1.29, 1.82) is 0 Å². The number of nitrogens with zero attached hydrogens (tertiary/aromatic N) is 2. The summed E-state index contributed by atoms with van der Waals surface area (Å²) in [5, 5.41) is 7.35. The van der Waals surface area contributed by atoms with E-state index in [-0.39, 0.29) is 46.2 Å². The maximum absolute atomic E-state index is 11.7. The molecule has 1 atom stereocenters. The summed E-state index contributed by atoms with van der Waals surface area (Å²) < 4.78 is 13.0. The summed E-state index contributed by atoms with van der Waals surface area (Å²) in [5.41, 5.74) is 19.9. The Balaban J connectivity index is 0.000000322. The Morgan fingerprint density at radius 3 is 1.59 bits per heavy atom. The molecular formula is C69H104N4O5. The lowest BCUT2D eigenvalue weighted by atomic mass is 9.81. The van der Waals surface area contributed by atoms with Crippen LogP contribution in [0.15, 0.2) is 91.3 Å². The van der Waals surface area contributed by atoms with Gasteiger partial charge in [0, 0.05) is 54.8 Å². The third-order valence-corrected chi connectivity index (χ3v) is 14.4. The summed E-state index contributed by atoms with van der Waals surface area (Å²) in [5.74, 6) is 3.01. The van der Waals surface area contributed by atoms with Crippen molar-refractivity contribution in [2.45, 2.75) is 213 Å². The molecule has 0 spiro atoms. The number of amides is 1. The lowest BCUT2D eigenvalue weighted by molar-refractivity contribution is 0.0986. The third-order valence-electron chi connectivity index (χ3n) is 14.4. The van der Waals surface area contributed by atoms with Crippen LogP contribution in [0.3, 0.4) is 0 Å². The number of hydrogen-bond donors (Lipinski definition) is 2. The maximum atomic E-state index is 11.7. The van der Waals surface area contributed by atoms with Crippen LogP contribution in [0.5, 0.6) is 11.5 Å². The van der Waals surface area contributed by atoms with Crippen LogP contribution in [0.25, 0.3) is 0 Å². The standard InChI is InChI=1S/C13H17NO.C13H16O.C12H17NO.C12H16O.C10H16N2O.C8H18.CH4/c1-9-8-15-12-10(13(2,3)4)6-5-7-11(12)14-9;1-13(2,3)10-6-4-5-9-7-8-11(14)12(9)10;1-8-6-5-7-9(12(2,3)4)10(8)11(13)14;1-12(2,3)10-6-4-5-9-7-8-13-11(9)10;1-7(13)9-8(10(2,3)4)6-11-12(9)5;1-6-7(2)8(3,4)5;/h5-7,14H,1,8H2,2-4H3;4-6H,7-8H2,1-3H3;5-7H,1-4H3,(H2,13,14);4-6H,7-8H2,1-3H3;6H,1-5H3;7H,6H2,1-5H3;1H4/t;;;;;7-;/m.....0./s1. The fraction of sp³-hybridized carbons (Fsp3) is 0.536. The first-order chi connectivity index (χ1) is 35.2. The highest BCUT2D eigenvalue weighted by atomic mass is 16.5. The Hall–Kier alpha value is -5.96. The van der Waals surface area contributed by atoms with Gasteiger partial charge in [0.15, 0.2) is 11.6 Å². The fourth-order valence-corrected chi connectivity index (χ4v) is 9.35. The number of nitrogens with two attached hydrogens (primary N) is 1. The third kappa shape index (κ3) is 18.9. The normalized spacial score (nSPS) is 14.0. The van der Waals surface area contributed by atoms with Gasteiger partial charge in [-0.05, 0) is 91.2 Å². The molecule has 78 heavy (non-hydrogen) atoms. The molecule has 3 N–H and O–H groups in total. The van der Waals surface area contributed by atoms with Gasteiger partial charge in [-0.1, -0.05) is 226 Å². The zero-order valence-electron chi connectivity index (χ0n) is 52.0. The summed E-state index contributed by atoms with van der Waals surface area (Å²) in [4.78, 5) is 34.4. The van der Waals surface area contributed by atoms with Crippen LogP contribution in [-0.2, 0) is 47.0 Å². The van der Waals surface area contributed by atoms with E-state index in [1.54, 1.807) is 24.9 Å². The van der Waals surface area contributed by atoms with Gasteiger partial charge < -0.3 is 20.5 Å². The van der Waals surface area contributed by atoms with Crippen molar-refractivity contribution < 1.29 is 23.9 Å². The zero-order valence-corrected chi connectivity index (χ0v) is 52.0. The van der Waals surface area contributed by atoms with E-state index in [0.717, 1.165) is 70.5 Å². The average Bonchev–Trinajstić information content (AvgIpc) is 4.06. The number of carbonyl (C=O) groups excluding carboxylic acids is 3. The SMILES string of the molecule is C.C=C1COc2c(cccc2C(C)(C)C)N1.CC(=O)c1c(C(C)(C)C)cnn1C.CC(C)(C)c1cccc2c1C(=O)CC2.CC(C)(C)c1cccc2c1OCC2.CC[C@H](C)C(C)(C)C.Cc1cccc(C(C)(C)C)c1C(N)=O. The Morgan fingerprint density at radius 2 is 1.14 bits per heavy atom. The number of hydrogen-bond acceptors (Lipinski definition) is 7. The number of aromatic nitrogens is 2. The second kappa shape index (κ2) is 27.3. The number of fused-ring (bicyclic) bond motifs is 3. The molecule has 3 heterocycles. The average molecular weight is 1070 g/mol. The molecule has 0 radical (unpaired) electrons. The Kier molecular flexibility index (Phi) is 23.8. The highest BCUT2D eigenvalue weighted by Gasteiger charge is 2.29. The minimum Gasteiger partial charge on any atom is -0.493 e. The van der Waals surface area contributed by atoms with E-state index in [1.807, 2.05) is 37.3 Å². The Bertz CT molecular complexity index is 2800. The number of Topliss-reactive ketones (excluding diaryl/α,β-unsaturated/α-hetero) is 2. The van der Waals surface area contributed by atoms with Gasteiger partial charge in [-0.25, -0.2) is 0 Å². The van der Waals surface area contributed by atoms with Gasteiger partial charge >= 0.3 is 0 Å². The van der Waals surface area contributed by atoms with Crippen molar-refractivity contribution in [2.75, 3.05) is 18.5 Å². The first-order valence-electron chi connectivity index (χ1n) is 27.8. The van der Waals surface area contributed by atoms with Crippen LogP contribution in [0, 0.1) is 18.3 Å². The van der Waals surface area contributed by atoms with Crippen LogP contribution in [0.2, 0.25) is 0 Å². The van der Waals surface area contributed by atoms with Gasteiger partial charge in [0.05, 0.1) is 18.5 Å². The number of rotatable bonds is 3. The molecule has 0 saturated heterocycles. The molecule has 0 bridgehead atoms. The summed E-state index contributed by atoms with van der Waals surface area (Å²) in [6, 6.07) is 24.7. The summed E-state index contributed by atoms with van der Waals surface area (Å²) in [6.07, 6.45) is 5.76. The number of para-hydroxylation sites is 2. The minimum atomic E-state index is -0.340. The van der Waals surface area contributed by atoms with Gasteiger partial charge in [-0.15, -0.1) is 0 Å². The monoisotopic (exact) mass is 1070 g/mol. The van der Waals surface area contributed by atoms with E-state index in [2.05, 4.69) is 198 Å². The molecule has 0 saturated carbocycles. The van der Waals surface area contributed by atoms with Crippen molar-refractivity contribution in [2.24, 2.45) is 24.1 Å². The van der Waals surface area contributed by atoms with E-state index in [0.29, 0.717) is 35.5 Å². The molecule has 9 nitrogen and oxygen atoms in total. The molecule has 8 rings (SSSR count). The number of aryl methyl sites for hydroxylation is 3. The topological polar surface area (TPSA) is 126 Å². The van der Waals surface area contributed by atoms with Crippen LogP contribution in [-0.4, -0.2) is 40.5 Å². The van der Waals surface area contributed by atoms with E-state index in [9.17, 15) is 14.4 Å². The Morgan fingerprint density at radius 1 is 0.667 bits per heavy atom.